The lowest BCUT2D eigenvalue weighted by Crippen LogP contribution is -2.61. The number of carbonyl (C=O) groups excluding carboxylic acids is 8. The number of methoxy groups -OCH3 is 1. The number of esters is 2. The molecule has 2 saturated heterocycles. The van der Waals surface area contributed by atoms with Crippen molar-refractivity contribution in [1.82, 2.24) is 30.7 Å². The number of Topliss-reactive ketones (excluding diaryl/α,β-unsaturated/α-hetero) is 1. The number of thiocarbonyl (C=S) groups is 1. The predicted molar refractivity (Wildman–Crippen MR) is 291 cm³/mol. The number of amides is 5. The first kappa shape index (κ1) is 62.4. The number of anilines is 1. The first-order valence-corrected chi connectivity index (χ1v) is 27.0. The summed E-state index contributed by atoms with van der Waals surface area (Å²) in [6.45, 7) is 17.4. The smallest absolute Gasteiger partial charge is 0.329 e. The Kier molecular flexibility index (Phi) is 23.7. The number of aliphatic hydroxyl groups excluding tert-OH is 1. The van der Waals surface area contributed by atoms with Crippen LogP contribution in [-0.4, -0.2) is 154 Å². The van der Waals surface area contributed by atoms with Crippen LogP contribution in [0, 0.1) is 29.6 Å². The molecular weight excluding hydrogens is 995 g/mol. The van der Waals surface area contributed by atoms with E-state index in [0.29, 0.717) is 29.8 Å². The predicted octanol–water partition coefficient (Wildman–Crippen LogP) is 4.82. The molecule has 2 heterocycles. The minimum absolute atomic E-state index is 0.0483. The number of rotatable bonds is 14. The van der Waals surface area contributed by atoms with Crippen LogP contribution < -0.4 is 26.0 Å². The van der Waals surface area contributed by atoms with E-state index >= 15 is 0 Å². The third-order valence-electron chi connectivity index (χ3n) is 14.3. The van der Waals surface area contributed by atoms with E-state index in [2.05, 4.69) is 21.3 Å². The Morgan fingerprint density at radius 2 is 1.54 bits per heavy atom. The lowest BCUT2D eigenvalue weighted by atomic mass is 9.91. The van der Waals surface area contributed by atoms with Crippen molar-refractivity contribution in [3.05, 3.63) is 60.2 Å². The largest absolute Gasteiger partial charge is 0.497 e. The summed E-state index contributed by atoms with van der Waals surface area (Å²) < 4.78 is 17.3. The van der Waals surface area contributed by atoms with Gasteiger partial charge in [-0.2, -0.15) is 0 Å². The maximum absolute atomic E-state index is 15.0. The summed E-state index contributed by atoms with van der Waals surface area (Å²) in [4.78, 5) is 120. The molecule has 76 heavy (non-hydrogen) atoms. The zero-order chi connectivity index (χ0) is 56.7. The number of fused-ring (bicyclic) bond motifs is 1. The van der Waals surface area contributed by atoms with Crippen LogP contribution in [0.25, 0.3) is 0 Å². The number of carbonyl (C=O) groups is 8. The molecule has 11 atom stereocenters. The van der Waals surface area contributed by atoms with E-state index in [9.17, 15) is 43.5 Å². The Hall–Kier alpha value is -6.15. The molecule has 2 fully saturated rings. The van der Waals surface area contributed by atoms with Crippen molar-refractivity contribution in [2.75, 3.05) is 33.1 Å². The fourth-order valence-corrected chi connectivity index (χ4v) is 9.72. The van der Waals surface area contributed by atoms with Gasteiger partial charge in [-0.3, -0.25) is 33.6 Å². The van der Waals surface area contributed by atoms with E-state index in [4.69, 9.17) is 26.4 Å². The fraction of sp³-hybridized carbons (Fsp3) is 0.625. The summed E-state index contributed by atoms with van der Waals surface area (Å²) in [6.07, 6.45) is -3.72. The van der Waals surface area contributed by atoms with Gasteiger partial charge in [-0.25, -0.2) is 4.79 Å². The first-order valence-electron chi connectivity index (χ1n) is 26.6. The zero-order valence-electron chi connectivity index (χ0n) is 46.6. The Labute approximate surface area is 454 Å². The Balaban J connectivity index is 1.88. The van der Waals surface area contributed by atoms with E-state index < -0.39 is 126 Å². The van der Waals surface area contributed by atoms with Crippen LogP contribution >= 0.6 is 12.2 Å². The van der Waals surface area contributed by atoms with Gasteiger partial charge in [-0.1, -0.05) is 92.1 Å². The van der Waals surface area contributed by atoms with E-state index in [-0.39, 0.29) is 49.2 Å². The average molecular weight is 1080 g/mol. The van der Waals surface area contributed by atoms with Crippen LogP contribution in [0.3, 0.4) is 0 Å². The second-order valence-electron chi connectivity index (χ2n) is 21.5. The molecule has 0 aliphatic carbocycles. The highest BCUT2D eigenvalue weighted by Crippen LogP contribution is 2.26. The molecule has 2 aliphatic rings. The Bertz CT molecular complexity index is 2330. The summed E-state index contributed by atoms with van der Waals surface area (Å²) in [6, 6.07) is 8.69. The molecule has 19 nitrogen and oxygen atoms in total. The lowest BCUT2D eigenvalue weighted by Gasteiger charge is -2.36. The molecule has 0 saturated carbocycles. The minimum Gasteiger partial charge on any atom is -0.497 e. The normalized spacial score (nSPS) is 25.8. The lowest BCUT2D eigenvalue weighted by molar-refractivity contribution is -0.163. The number of ether oxygens (including phenoxy) is 3. The summed E-state index contributed by atoms with van der Waals surface area (Å²) in [7, 11) is 4.59. The van der Waals surface area contributed by atoms with Gasteiger partial charge in [0.25, 0.3) is 0 Å². The number of cyclic esters (lactones) is 2. The summed E-state index contributed by atoms with van der Waals surface area (Å²) in [5.41, 5.74) is 1.29. The highest BCUT2D eigenvalue weighted by molar-refractivity contribution is 7.80. The second kappa shape index (κ2) is 28.8. The van der Waals surface area contributed by atoms with Crippen LogP contribution in [0.5, 0.6) is 5.75 Å². The van der Waals surface area contributed by atoms with Gasteiger partial charge in [0.2, 0.25) is 29.5 Å². The summed E-state index contributed by atoms with van der Waals surface area (Å²) >= 11 is 5.77. The fourth-order valence-electron chi connectivity index (χ4n) is 9.48. The molecule has 4 rings (SSSR count). The van der Waals surface area contributed by atoms with Gasteiger partial charge in [-0.15, -0.1) is 0 Å². The van der Waals surface area contributed by atoms with Crippen molar-refractivity contribution in [3.63, 3.8) is 0 Å². The maximum atomic E-state index is 15.0. The van der Waals surface area contributed by atoms with Crippen LogP contribution in [-0.2, 0) is 54.3 Å². The van der Waals surface area contributed by atoms with Gasteiger partial charge < -0.3 is 55.3 Å². The number of nitrogens with one attached hydrogen (secondary N) is 4. The van der Waals surface area contributed by atoms with Crippen molar-refractivity contribution < 1.29 is 57.7 Å². The Morgan fingerprint density at radius 3 is 2.12 bits per heavy atom. The molecule has 0 spiro atoms. The molecule has 420 valence electrons. The molecule has 0 radical (unpaired) electrons. The summed E-state index contributed by atoms with van der Waals surface area (Å²) in [5, 5.41) is 23.6. The first-order chi connectivity index (χ1) is 35.8. The van der Waals surface area contributed by atoms with Crippen LogP contribution in [0.1, 0.15) is 113 Å². The molecule has 0 bridgehead atoms. The molecule has 2 aliphatic heterocycles. The van der Waals surface area contributed by atoms with E-state index in [1.165, 1.54) is 37.8 Å². The number of para-hydroxylation sites is 1. The molecule has 5 amide bonds. The minimum atomic E-state index is -1.64. The van der Waals surface area contributed by atoms with Crippen molar-refractivity contribution in [1.29, 1.82) is 0 Å². The average Bonchev–Trinajstić information content (AvgIpc) is 3.87. The monoisotopic (exact) mass is 1080 g/mol. The van der Waals surface area contributed by atoms with Crippen molar-refractivity contribution in [2.24, 2.45) is 29.6 Å². The highest BCUT2D eigenvalue weighted by atomic mass is 32.1. The van der Waals surface area contributed by atoms with Crippen LogP contribution in [0.4, 0.5) is 5.69 Å². The van der Waals surface area contributed by atoms with Gasteiger partial charge >= 0.3 is 11.9 Å². The van der Waals surface area contributed by atoms with Crippen molar-refractivity contribution in [2.45, 2.75) is 169 Å². The van der Waals surface area contributed by atoms with Crippen molar-refractivity contribution in [3.8, 4) is 5.75 Å². The van der Waals surface area contributed by atoms with Crippen LogP contribution in [0.2, 0.25) is 0 Å². The standard InChI is InChI=1S/C56H83N7O12S/c1-14-34(8)46-44(64)30-45(65)75-49(33(6)7)48(66)35(9)50(67)58-40(27-31(2)3)53(70)63-26-18-21-41(63)54(71)61(11)43(29-37-22-24-39(73-13)25-23-37)55(72)74-36(10)47(52(69)59-46)60-51(68)42(28-32(4)5)62(12)56(76)57-38-19-16-15-17-20-38/h15-17,19-20,22-25,31-36,40-44,46-47,49,64H,14,18,21,26-30H2,1-13H3,(H,57,76)(H,58,67)(H,59,69)(H,60,68)/t34-,35-,36+,40-,41-,42+,43-,44-,46+,47+,49-/m0/s1. The van der Waals surface area contributed by atoms with Gasteiger partial charge in [-0.05, 0) is 105 Å². The van der Waals surface area contributed by atoms with E-state index in [1.807, 2.05) is 65.0 Å². The van der Waals surface area contributed by atoms with Gasteiger partial charge in [0, 0.05) is 32.7 Å². The highest BCUT2D eigenvalue weighted by Gasteiger charge is 2.45. The number of nitrogens with zero attached hydrogens (tertiary/aromatic N) is 3. The number of hydrogen-bond acceptors (Lipinski definition) is 13. The number of ketones is 1. The van der Waals surface area contributed by atoms with Crippen molar-refractivity contribution >= 4 is 70.3 Å². The van der Waals surface area contributed by atoms with Gasteiger partial charge in [0.1, 0.15) is 42.1 Å². The molecule has 0 unspecified atom stereocenters. The second-order valence-corrected chi connectivity index (χ2v) is 21.9. The topological polar surface area (TPSA) is 242 Å². The van der Waals surface area contributed by atoms with Crippen LogP contribution in [0.15, 0.2) is 54.6 Å². The third-order valence-corrected chi connectivity index (χ3v) is 14.7. The van der Waals surface area contributed by atoms with E-state index in [0.717, 1.165) is 0 Å². The molecule has 2 aromatic carbocycles. The van der Waals surface area contributed by atoms with Gasteiger partial charge in [0.15, 0.2) is 17.0 Å². The number of aliphatic hydroxyl groups is 1. The SMILES string of the molecule is CC[C@H](C)[C@H]1NC(=O)[C@H](NC(=O)[C@@H](CC(C)C)N(C)C(=S)Nc2ccccc2)[C@@H](C)OC(=O)[C@H](Cc2ccc(OC)cc2)N(C)C(=O)[C@@H]2CCCN2C(=O)[C@H](CC(C)C)NC(=O)[C@@H](C)C(=O)[C@H](C(C)C)OC(=O)C[C@@H]1O. The molecule has 20 heteroatoms. The van der Waals surface area contributed by atoms with Gasteiger partial charge in [0.05, 0.1) is 31.6 Å². The molecule has 2 aromatic rings. The quantitative estimate of drug-likeness (QED) is 0.0969. The number of hydrogen-bond donors (Lipinski definition) is 5. The molecule has 0 aromatic heterocycles. The maximum Gasteiger partial charge on any atom is 0.329 e. The summed E-state index contributed by atoms with van der Waals surface area (Å²) in [5.74, 6) is -8.20. The zero-order valence-corrected chi connectivity index (χ0v) is 47.4. The number of likely N-dealkylation sites (N-methyl/N-ethyl adjacent to an activating group) is 2. The number of benzene rings is 2. The van der Waals surface area contributed by atoms with E-state index in [1.54, 1.807) is 57.0 Å². The third kappa shape index (κ3) is 16.9. The molecule has 5 N–H and O–H groups in total. The Morgan fingerprint density at radius 1 is 0.895 bits per heavy atom. The molecular formula is C56H83N7O12S.